The molecule has 0 aliphatic heterocycles. The van der Waals surface area contributed by atoms with Crippen molar-refractivity contribution in [2.24, 2.45) is 0 Å². The number of carbonyl (C=O) groups is 1. The van der Waals surface area contributed by atoms with Crippen LogP contribution in [0.15, 0.2) is 30.6 Å². The van der Waals surface area contributed by atoms with Gasteiger partial charge in [-0.05, 0) is 24.1 Å². The molecule has 1 amide bonds. The first-order valence-corrected chi connectivity index (χ1v) is 6.12. The van der Waals surface area contributed by atoms with Crippen molar-refractivity contribution in [1.29, 1.82) is 0 Å². The molecular formula is C13H16N4O2. The summed E-state index contributed by atoms with van der Waals surface area (Å²) in [6, 6.07) is 6.89. The molecule has 0 unspecified atom stereocenters. The third-order valence-electron chi connectivity index (χ3n) is 2.74. The summed E-state index contributed by atoms with van der Waals surface area (Å²) in [6.07, 6.45) is 3.02. The fourth-order valence-corrected chi connectivity index (χ4v) is 1.67. The van der Waals surface area contributed by atoms with Crippen LogP contribution in [0.4, 0.5) is 0 Å². The van der Waals surface area contributed by atoms with Crippen LogP contribution in [0.5, 0.6) is 0 Å². The molecule has 0 radical (unpaired) electrons. The number of nitrogens with zero attached hydrogens (tertiary/aromatic N) is 2. The van der Waals surface area contributed by atoms with Crippen LogP contribution in [0.3, 0.4) is 0 Å². The number of benzene rings is 1. The zero-order chi connectivity index (χ0) is 13.5. The maximum Gasteiger partial charge on any atom is 0.251 e. The van der Waals surface area contributed by atoms with E-state index in [4.69, 9.17) is 5.11 Å². The summed E-state index contributed by atoms with van der Waals surface area (Å²) in [5.41, 5.74) is 1.39. The molecule has 1 aromatic heterocycles. The summed E-state index contributed by atoms with van der Waals surface area (Å²) >= 11 is 0. The maximum absolute atomic E-state index is 11.8. The molecule has 2 rings (SSSR count). The fourth-order valence-electron chi connectivity index (χ4n) is 1.67. The molecule has 1 heterocycles. The molecule has 0 saturated carbocycles. The number of rotatable bonds is 6. The molecule has 6 nitrogen and oxygen atoms in total. The van der Waals surface area contributed by atoms with Crippen LogP contribution in [0.2, 0.25) is 0 Å². The van der Waals surface area contributed by atoms with Crippen molar-refractivity contribution in [3.63, 3.8) is 0 Å². The van der Waals surface area contributed by atoms with Crippen molar-refractivity contribution in [2.75, 3.05) is 6.54 Å². The zero-order valence-electron chi connectivity index (χ0n) is 10.5. The highest BCUT2D eigenvalue weighted by Crippen LogP contribution is 2.04. The lowest BCUT2D eigenvalue weighted by molar-refractivity contribution is 0.0953. The molecule has 0 aliphatic rings. The predicted molar refractivity (Wildman–Crippen MR) is 69.4 cm³/mol. The predicted octanol–water partition coefficient (Wildman–Crippen LogP) is 0.660. The number of aryl methyl sites for hydroxylation is 1. The Bertz CT molecular complexity index is 508. The Hall–Kier alpha value is -2.21. The van der Waals surface area contributed by atoms with Gasteiger partial charge in [0.25, 0.3) is 5.91 Å². The number of amides is 1. The van der Waals surface area contributed by atoms with Gasteiger partial charge in [-0.3, -0.25) is 9.89 Å². The molecule has 0 aliphatic carbocycles. The van der Waals surface area contributed by atoms with E-state index < -0.39 is 0 Å². The number of carbonyl (C=O) groups excluding carboxylic acids is 1. The molecule has 0 spiro atoms. The van der Waals surface area contributed by atoms with Crippen LogP contribution in [-0.4, -0.2) is 32.7 Å². The Balaban J connectivity index is 1.74. The SMILES string of the molecule is O=C(NCCCc1ncn[nH]1)c1ccc(CO)cc1. The van der Waals surface area contributed by atoms with E-state index in [0.29, 0.717) is 12.1 Å². The summed E-state index contributed by atoms with van der Waals surface area (Å²) in [5, 5.41) is 18.3. The topological polar surface area (TPSA) is 90.9 Å². The Morgan fingerprint density at radius 2 is 2.11 bits per heavy atom. The van der Waals surface area contributed by atoms with E-state index in [9.17, 15) is 4.79 Å². The Morgan fingerprint density at radius 3 is 2.74 bits per heavy atom. The van der Waals surface area contributed by atoms with Gasteiger partial charge in [-0.25, -0.2) is 4.98 Å². The molecule has 3 N–H and O–H groups in total. The number of H-pyrrole nitrogens is 1. The molecule has 2 aromatic rings. The Labute approximate surface area is 110 Å². The van der Waals surface area contributed by atoms with E-state index >= 15 is 0 Å². The highest BCUT2D eigenvalue weighted by molar-refractivity contribution is 5.94. The van der Waals surface area contributed by atoms with Crippen molar-refractivity contribution in [1.82, 2.24) is 20.5 Å². The van der Waals surface area contributed by atoms with Gasteiger partial charge in [0.2, 0.25) is 0 Å². The number of hydrogen-bond acceptors (Lipinski definition) is 4. The Kier molecular flexibility index (Phi) is 4.63. The van der Waals surface area contributed by atoms with Gasteiger partial charge < -0.3 is 10.4 Å². The van der Waals surface area contributed by atoms with Gasteiger partial charge in [-0.15, -0.1) is 0 Å². The molecule has 0 saturated heterocycles. The van der Waals surface area contributed by atoms with Gasteiger partial charge in [0.1, 0.15) is 12.2 Å². The van der Waals surface area contributed by atoms with Gasteiger partial charge >= 0.3 is 0 Å². The van der Waals surface area contributed by atoms with Gasteiger partial charge in [0.05, 0.1) is 6.61 Å². The van der Waals surface area contributed by atoms with Gasteiger partial charge in [0.15, 0.2) is 0 Å². The lowest BCUT2D eigenvalue weighted by Gasteiger charge is -2.05. The highest BCUT2D eigenvalue weighted by atomic mass is 16.3. The first kappa shape index (κ1) is 13.2. The maximum atomic E-state index is 11.8. The molecule has 0 fully saturated rings. The van der Waals surface area contributed by atoms with E-state index in [1.165, 1.54) is 6.33 Å². The smallest absolute Gasteiger partial charge is 0.251 e. The van der Waals surface area contributed by atoms with Gasteiger partial charge in [-0.2, -0.15) is 5.10 Å². The first-order valence-electron chi connectivity index (χ1n) is 6.12. The summed E-state index contributed by atoms with van der Waals surface area (Å²) < 4.78 is 0. The molecule has 19 heavy (non-hydrogen) atoms. The second-order valence-corrected chi connectivity index (χ2v) is 4.15. The quantitative estimate of drug-likeness (QED) is 0.665. The molecular weight excluding hydrogens is 244 g/mol. The molecule has 6 heteroatoms. The van der Waals surface area contributed by atoms with Crippen molar-refractivity contribution in [3.05, 3.63) is 47.5 Å². The summed E-state index contributed by atoms with van der Waals surface area (Å²) in [6.45, 7) is 0.570. The number of aromatic nitrogens is 3. The summed E-state index contributed by atoms with van der Waals surface area (Å²) in [4.78, 5) is 15.8. The highest BCUT2D eigenvalue weighted by Gasteiger charge is 2.04. The summed E-state index contributed by atoms with van der Waals surface area (Å²) in [7, 11) is 0. The summed E-state index contributed by atoms with van der Waals surface area (Å²) in [5.74, 6) is 0.712. The normalized spacial score (nSPS) is 10.4. The van der Waals surface area contributed by atoms with E-state index in [0.717, 1.165) is 24.2 Å². The standard InChI is InChI=1S/C13H16N4O2/c18-8-10-3-5-11(6-4-10)13(19)14-7-1-2-12-15-9-16-17-12/h3-6,9,18H,1-2,7-8H2,(H,14,19)(H,15,16,17). The number of aromatic amines is 1. The monoisotopic (exact) mass is 260 g/mol. The van der Waals surface area contributed by atoms with E-state index in [-0.39, 0.29) is 12.5 Å². The average molecular weight is 260 g/mol. The van der Waals surface area contributed by atoms with Gasteiger partial charge in [0, 0.05) is 18.5 Å². The van der Waals surface area contributed by atoms with Gasteiger partial charge in [-0.1, -0.05) is 12.1 Å². The number of aliphatic hydroxyl groups excluding tert-OH is 1. The minimum absolute atomic E-state index is 0.0148. The fraction of sp³-hybridized carbons (Fsp3) is 0.308. The zero-order valence-corrected chi connectivity index (χ0v) is 10.5. The van der Waals surface area contributed by atoms with Crippen LogP contribution in [-0.2, 0) is 13.0 Å². The lowest BCUT2D eigenvalue weighted by atomic mass is 10.1. The number of nitrogens with one attached hydrogen (secondary N) is 2. The third-order valence-corrected chi connectivity index (χ3v) is 2.74. The van der Waals surface area contributed by atoms with E-state index in [2.05, 4.69) is 20.5 Å². The van der Waals surface area contributed by atoms with Crippen LogP contribution in [0, 0.1) is 0 Å². The lowest BCUT2D eigenvalue weighted by Crippen LogP contribution is -2.24. The molecule has 100 valence electrons. The van der Waals surface area contributed by atoms with Crippen LogP contribution in [0.25, 0.3) is 0 Å². The number of hydrogen-bond donors (Lipinski definition) is 3. The van der Waals surface area contributed by atoms with Crippen molar-refractivity contribution < 1.29 is 9.90 Å². The minimum Gasteiger partial charge on any atom is -0.392 e. The largest absolute Gasteiger partial charge is 0.392 e. The second-order valence-electron chi connectivity index (χ2n) is 4.15. The number of aliphatic hydroxyl groups is 1. The van der Waals surface area contributed by atoms with Crippen LogP contribution in [0.1, 0.15) is 28.2 Å². The van der Waals surface area contributed by atoms with Crippen LogP contribution < -0.4 is 5.32 Å². The van der Waals surface area contributed by atoms with Crippen molar-refractivity contribution in [2.45, 2.75) is 19.4 Å². The van der Waals surface area contributed by atoms with Crippen molar-refractivity contribution >= 4 is 5.91 Å². The van der Waals surface area contributed by atoms with Crippen LogP contribution >= 0.6 is 0 Å². The Morgan fingerprint density at radius 1 is 1.32 bits per heavy atom. The van der Waals surface area contributed by atoms with Crippen molar-refractivity contribution in [3.8, 4) is 0 Å². The molecule has 1 aromatic carbocycles. The first-order chi connectivity index (χ1) is 9.29. The average Bonchev–Trinajstić information content (AvgIpc) is 2.96. The van der Waals surface area contributed by atoms with E-state index in [1.807, 2.05) is 0 Å². The van der Waals surface area contributed by atoms with E-state index in [1.54, 1.807) is 24.3 Å². The third kappa shape index (κ3) is 3.89. The molecule has 0 atom stereocenters. The molecule has 0 bridgehead atoms. The minimum atomic E-state index is -0.109. The second kappa shape index (κ2) is 6.65.